The summed E-state index contributed by atoms with van der Waals surface area (Å²) in [7, 11) is 3.57. The maximum atomic E-state index is 13.4. The van der Waals surface area contributed by atoms with Gasteiger partial charge < -0.3 is 30.9 Å². The number of amides is 3. The molecule has 3 amide bonds. The van der Waals surface area contributed by atoms with Crippen molar-refractivity contribution in [2.24, 2.45) is 0 Å². The van der Waals surface area contributed by atoms with Gasteiger partial charge in [-0.1, -0.05) is 25.0 Å². The Kier molecular flexibility index (Phi) is 11.3. The maximum Gasteiger partial charge on any atom is 0.306 e. The fourth-order valence-corrected chi connectivity index (χ4v) is 5.14. The average Bonchev–Trinajstić information content (AvgIpc) is 3.57. The van der Waals surface area contributed by atoms with Crippen molar-refractivity contribution < 1.29 is 28.7 Å². The number of carbonyl (C=O) groups is 5. The maximum absolute atomic E-state index is 13.4. The minimum atomic E-state index is -0.577. The topological polar surface area (TPSA) is 146 Å². The first kappa shape index (κ1) is 30.1. The van der Waals surface area contributed by atoms with Crippen molar-refractivity contribution in [1.29, 1.82) is 0 Å². The molecule has 1 aromatic carbocycles. The van der Waals surface area contributed by atoms with Crippen molar-refractivity contribution in [3.63, 3.8) is 0 Å². The molecule has 11 nitrogen and oxygen atoms in total. The van der Waals surface area contributed by atoms with Gasteiger partial charge in [0.1, 0.15) is 12.1 Å². The predicted molar refractivity (Wildman–Crippen MR) is 146 cm³/mol. The second-order valence-electron chi connectivity index (χ2n) is 10.2. The third-order valence-corrected chi connectivity index (χ3v) is 7.53. The van der Waals surface area contributed by atoms with E-state index < -0.39 is 18.2 Å². The van der Waals surface area contributed by atoms with E-state index >= 15 is 0 Å². The summed E-state index contributed by atoms with van der Waals surface area (Å²) in [4.78, 5) is 60.7. The van der Waals surface area contributed by atoms with Crippen molar-refractivity contribution in [3.8, 4) is 0 Å². The summed E-state index contributed by atoms with van der Waals surface area (Å²) in [5.41, 5.74) is 1.99. The van der Waals surface area contributed by atoms with E-state index in [1.54, 1.807) is 18.9 Å². The lowest BCUT2D eigenvalue weighted by Crippen LogP contribution is -2.57. The summed E-state index contributed by atoms with van der Waals surface area (Å²) in [6.45, 7) is 2.18. The lowest BCUT2D eigenvalue weighted by Gasteiger charge is -2.35. The number of aldehydes is 1. The van der Waals surface area contributed by atoms with Gasteiger partial charge in [-0.2, -0.15) is 0 Å². The molecular weight excluding hydrogens is 502 g/mol. The molecule has 214 valence electrons. The normalized spacial score (nSPS) is 25.2. The number of nitrogens with zero attached hydrogens (tertiary/aromatic N) is 1. The first-order valence-corrected chi connectivity index (χ1v) is 13.8. The number of benzene rings is 1. The predicted octanol–water partition coefficient (Wildman–Crippen LogP) is 1.26. The molecule has 39 heavy (non-hydrogen) atoms. The number of cyclic esters (lactones) is 1. The fourth-order valence-electron chi connectivity index (χ4n) is 5.14. The van der Waals surface area contributed by atoms with Gasteiger partial charge in [-0.3, -0.25) is 24.0 Å². The molecule has 0 bridgehead atoms. The van der Waals surface area contributed by atoms with Crippen LogP contribution in [0.4, 0.5) is 5.69 Å². The zero-order valence-electron chi connectivity index (χ0n) is 23.0. The van der Waals surface area contributed by atoms with E-state index in [1.807, 2.05) is 31.3 Å². The van der Waals surface area contributed by atoms with Crippen LogP contribution < -0.4 is 21.3 Å². The van der Waals surface area contributed by atoms with Crippen LogP contribution in [-0.2, 0) is 35.3 Å². The zero-order chi connectivity index (χ0) is 28.4. The lowest BCUT2D eigenvalue weighted by molar-refractivity contribution is -0.144. The van der Waals surface area contributed by atoms with Gasteiger partial charge in [0.15, 0.2) is 12.4 Å². The molecule has 3 aliphatic heterocycles. The molecule has 0 aliphatic carbocycles. The summed E-state index contributed by atoms with van der Waals surface area (Å²) in [5, 5.41) is 11.9. The molecule has 11 heteroatoms. The third kappa shape index (κ3) is 8.26. The standard InChI is InChI=1S/C23H35N5O3.C5H6O3/c1-15(24-2)21(29)27-19-10-5-4-9-18-11-12-20(28(18)23(19)31)22(30)26-14-16-7-6-8-17(13-16)25-3;6-3-4-1-2-5(7)8-4/h6-8,13,15,18-20,24-25H,4-5,9-12,14H2,1-3H3,(H,26,30)(H,27,29);3-4H,1-2H2. The number of fused-ring (bicyclic) bond motifs is 1. The van der Waals surface area contributed by atoms with Gasteiger partial charge in [0.25, 0.3) is 0 Å². The highest BCUT2D eigenvalue weighted by molar-refractivity contribution is 5.93. The summed E-state index contributed by atoms with van der Waals surface area (Å²) in [6.07, 6.45) is 6.04. The molecule has 0 radical (unpaired) electrons. The number of hydrogen-bond donors (Lipinski definition) is 4. The first-order chi connectivity index (χ1) is 18.8. The average molecular weight is 544 g/mol. The molecule has 3 heterocycles. The summed E-state index contributed by atoms with van der Waals surface area (Å²) < 4.78 is 4.50. The van der Waals surface area contributed by atoms with E-state index in [-0.39, 0.29) is 35.8 Å². The molecule has 5 atom stereocenters. The molecular formula is C28H41N5O6. The molecule has 0 aromatic heterocycles. The van der Waals surface area contributed by atoms with Crippen LogP contribution in [0.5, 0.6) is 0 Å². The van der Waals surface area contributed by atoms with E-state index in [1.165, 1.54) is 0 Å². The second-order valence-corrected chi connectivity index (χ2v) is 10.2. The number of nitrogens with one attached hydrogen (secondary N) is 4. The van der Waals surface area contributed by atoms with Crippen molar-refractivity contribution >= 4 is 35.7 Å². The monoisotopic (exact) mass is 543 g/mol. The highest BCUT2D eigenvalue weighted by Gasteiger charge is 2.43. The Morgan fingerprint density at radius 3 is 2.51 bits per heavy atom. The Labute approximate surface area is 229 Å². The van der Waals surface area contributed by atoms with E-state index in [9.17, 15) is 24.0 Å². The molecule has 0 saturated carbocycles. The van der Waals surface area contributed by atoms with Crippen LogP contribution in [0.2, 0.25) is 0 Å². The summed E-state index contributed by atoms with van der Waals surface area (Å²) in [5.74, 6) is -0.708. The molecule has 4 rings (SSSR count). The minimum absolute atomic E-state index is 0.0669. The molecule has 4 N–H and O–H groups in total. The number of carbonyl (C=O) groups excluding carboxylic acids is 5. The van der Waals surface area contributed by atoms with Crippen LogP contribution in [0.25, 0.3) is 0 Å². The number of rotatable bonds is 8. The summed E-state index contributed by atoms with van der Waals surface area (Å²) in [6, 6.07) is 6.50. The molecule has 3 fully saturated rings. The van der Waals surface area contributed by atoms with Gasteiger partial charge in [-0.25, -0.2) is 0 Å². The van der Waals surface area contributed by atoms with Crippen molar-refractivity contribution in [2.75, 3.05) is 19.4 Å². The van der Waals surface area contributed by atoms with Gasteiger partial charge >= 0.3 is 5.97 Å². The van der Waals surface area contributed by atoms with Crippen molar-refractivity contribution in [2.45, 2.75) is 95.1 Å². The zero-order valence-corrected chi connectivity index (χ0v) is 23.0. The third-order valence-electron chi connectivity index (χ3n) is 7.53. The second kappa shape index (κ2) is 14.6. The molecule has 1 aromatic rings. The van der Waals surface area contributed by atoms with Crippen molar-refractivity contribution in [1.82, 2.24) is 20.9 Å². The minimum Gasteiger partial charge on any atom is -0.455 e. The Balaban J connectivity index is 0.000000449. The molecule has 5 unspecified atom stereocenters. The molecule has 3 aliphatic rings. The number of esters is 1. The highest BCUT2D eigenvalue weighted by Crippen LogP contribution is 2.31. The van der Waals surface area contributed by atoms with Crippen LogP contribution in [0.1, 0.15) is 63.9 Å². The summed E-state index contributed by atoms with van der Waals surface area (Å²) >= 11 is 0. The fraction of sp³-hybridized carbons (Fsp3) is 0.607. The first-order valence-electron chi connectivity index (χ1n) is 13.8. The van der Waals surface area contributed by atoms with E-state index in [4.69, 9.17) is 0 Å². The van der Waals surface area contributed by atoms with Gasteiger partial charge in [0.2, 0.25) is 17.7 Å². The molecule has 3 saturated heterocycles. The Bertz CT molecular complexity index is 1030. The number of anilines is 1. The van der Waals surface area contributed by atoms with Crippen LogP contribution in [0.3, 0.4) is 0 Å². The van der Waals surface area contributed by atoms with Crippen LogP contribution in [0.15, 0.2) is 24.3 Å². The van der Waals surface area contributed by atoms with E-state index in [2.05, 4.69) is 26.0 Å². The van der Waals surface area contributed by atoms with Gasteiger partial charge in [0, 0.05) is 38.2 Å². The largest absolute Gasteiger partial charge is 0.455 e. The van der Waals surface area contributed by atoms with Crippen molar-refractivity contribution in [3.05, 3.63) is 29.8 Å². The van der Waals surface area contributed by atoms with E-state index in [0.717, 1.165) is 36.9 Å². The number of likely N-dealkylation sites (N-methyl/N-ethyl adjacent to an activating group) is 1. The van der Waals surface area contributed by atoms with Crippen LogP contribution >= 0.6 is 0 Å². The Morgan fingerprint density at radius 1 is 1.10 bits per heavy atom. The highest BCUT2D eigenvalue weighted by atomic mass is 16.6. The smallest absolute Gasteiger partial charge is 0.306 e. The van der Waals surface area contributed by atoms with E-state index in [0.29, 0.717) is 38.5 Å². The van der Waals surface area contributed by atoms with Gasteiger partial charge in [-0.15, -0.1) is 0 Å². The Hall–Kier alpha value is -3.47. The SMILES string of the molecule is CNc1cccc(CNC(=O)C2CCC3CCCCC(NC(=O)C(C)NC)C(=O)N32)c1.O=CC1CCC(=O)O1. The van der Waals surface area contributed by atoms with Crippen LogP contribution in [-0.4, -0.2) is 79.2 Å². The van der Waals surface area contributed by atoms with Gasteiger partial charge in [0.05, 0.1) is 6.04 Å². The number of ether oxygens (including phenoxy) is 1. The lowest BCUT2D eigenvalue weighted by atomic mass is 9.98. The molecule has 0 spiro atoms. The number of hydrogen-bond acceptors (Lipinski definition) is 8. The Morgan fingerprint density at radius 2 is 1.87 bits per heavy atom. The van der Waals surface area contributed by atoms with Gasteiger partial charge in [-0.05, 0) is 57.4 Å². The quantitative estimate of drug-likeness (QED) is 0.283. The van der Waals surface area contributed by atoms with Crippen LogP contribution in [0, 0.1) is 0 Å².